The number of sulfonamides is 1. The topological polar surface area (TPSA) is 71.4 Å². The molecule has 0 atom stereocenters. The van der Waals surface area contributed by atoms with Gasteiger partial charge in [0.1, 0.15) is 0 Å². The highest BCUT2D eigenvalue weighted by Gasteiger charge is 2.17. The second-order valence-corrected chi connectivity index (χ2v) is 11.1. The van der Waals surface area contributed by atoms with Crippen LogP contribution in [-0.2, 0) is 16.6 Å². The lowest BCUT2D eigenvalue weighted by Gasteiger charge is -2.26. The molecule has 9 heteroatoms. The van der Waals surface area contributed by atoms with Gasteiger partial charge in [-0.25, -0.2) is 13.1 Å². The molecule has 3 aromatic rings. The zero-order valence-electron chi connectivity index (χ0n) is 17.2. The highest BCUT2D eigenvalue weighted by molar-refractivity contribution is 7.89. The third kappa shape index (κ3) is 5.56. The minimum atomic E-state index is -3.61. The van der Waals surface area contributed by atoms with Crippen molar-refractivity contribution in [3.05, 3.63) is 62.7 Å². The Morgan fingerprint density at radius 3 is 2.52 bits per heavy atom. The Balaban J connectivity index is 1.44. The predicted octanol–water partition coefficient (Wildman–Crippen LogP) is 3.92. The van der Waals surface area contributed by atoms with Crippen LogP contribution < -0.4 is 9.60 Å². The molecule has 6 nitrogen and oxygen atoms in total. The molecule has 0 unspecified atom stereocenters. The van der Waals surface area contributed by atoms with Crippen molar-refractivity contribution in [2.45, 2.75) is 37.1 Å². The number of benzene rings is 2. The molecule has 1 saturated heterocycles. The first-order valence-electron chi connectivity index (χ1n) is 10.5. The Morgan fingerprint density at radius 2 is 1.77 bits per heavy atom. The molecule has 1 aliphatic rings. The van der Waals surface area contributed by atoms with E-state index in [-0.39, 0.29) is 9.77 Å². The summed E-state index contributed by atoms with van der Waals surface area (Å²) < 4.78 is 30.5. The number of hydrogen-bond acceptors (Lipinski definition) is 5. The molecular formula is C22H26ClN3O3S2. The molecule has 0 radical (unpaired) electrons. The highest BCUT2D eigenvalue weighted by Crippen LogP contribution is 2.23. The van der Waals surface area contributed by atoms with Gasteiger partial charge in [0.15, 0.2) is 0 Å². The molecule has 0 spiro atoms. The first kappa shape index (κ1) is 22.5. The van der Waals surface area contributed by atoms with Crippen LogP contribution >= 0.6 is 22.9 Å². The molecule has 0 aliphatic carbocycles. The van der Waals surface area contributed by atoms with E-state index in [1.54, 1.807) is 34.9 Å². The van der Waals surface area contributed by atoms with Gasteiger partial charge in [-0.3, -0.25) is 9.36 Å². The van der Waals surface area contributed by atoms with Crippen LogP contribution in [0.4, 0.5) is 0 Å². The number of hydrogen-bond donors (Lipinski definition) is 1. The van der Waals surface area contributed by atoms with Crippen LogP contribution in [0.15, 0.2) is 52.2 Å². The molecule has 2 aromatic carbocycles. The number of nitrogens with one attached hydrogen (secondary N) is 1. The fourth-order valence-electron chi connectivity index (χ4n) is 3.91. The van der Waals surface area contributed by atoms with Gasteiger partial charge in [0, 0.05) is 11.6 Å². The summed E-state index contributed by atoms with van der Waals surface area (Å²) in [4.78, 5) is 15.0. The number of likely N-dealkylation sites (tertiary alicyclic amines) is 1. The minimum Gasteiger partial charge on any atom is -0.303 e. The molecule has 1 fully saturated rings. The van der Waals surface area contributed by atoms with E-state index in [1.807, 2.05) is 12.1 Å². The van der Waals surface area contributed by atoms with Crippen molar-refractivity contribution in [1.82, 2.24) is 14.2 Å². The normalized spacial score (nSPS) is 15.5. The van der Waals surface area contributed by atoms with Crippen LogP contribution in [0.3, 0.4) is 0 Å². The summed E-state index contributed by atoms with van der Waals surface area (Å²) in [6, 6.07) is 12.2. The zero-order valence-corrected chi connectivity index (χ0v) is 19.6. The maximum atomic E-state index is 12.7. The third-order valence-corrected chi connectivity index (χ3v) is 8.25. The second-order valence-electron chi connectivity index (χ2n) is 7.86. The molecule has 166 valence electrons. The van der Waals surface area contributed by atoms with Gasteiger partial charge in [-0.15, -0.1) is 0 Å². The van der Waals surface area contributed by atoms with E-state index < -0.39 is 10.0 Å². The summed E-state index contributed by atoms with van der Waals surface area (Å²) >= 11 is 6.99. The molecule has 4 rings (SSSR count). The summed E-state index contributed by atoms with van der Waals surface area (Å²) in [7, 11) is -3.61. The fraction of sp³-hybridized carbons (Fsp3) is 0.409. The van der Waals surface area contributed by atoms with Gasteiger partial charge < -0.3 is 4.90 Å². The smallest absolute Gasteiger partial charge is 0.303 e. The number of nitrogens with zero attached hydrogens (tertiary/aromatic N) is 2. The van der Waals surface area contributed by atoms with Crippen molar-refractivity contribution < 1.29 is 8.42 Å². The average molecular weight is 480 g/mol. The predicted molar refractivity (Wildman–Crippen MR) is 127 cm³/mol. The van der Waals surface area contributed by atoms with E-state index >= 15 is 0 Å². The van der Waals surface area contributed by atoms with Crippen molar-refractivity contribution in [2.75, 3.05) is 26.2 Å². The van der Waals surface area contributed by atoms with Crippen LogP contribution in [0.1, 0.15) is 31.2 Å². The quantitative estimate of drug-likeness (QED) is 0.497. The molecule has 31 heavy (non-hydrogen) atoms. The summed E-state index contributed by atoms with van der Waals surface area (Å²) in [5.41, 5.74) is 1.69. The largest absolute Gasteiger partial charge is 0.308 e. The van der Waals surface area contributed by atoms with Crippen molar-refractivity contribution >= 4 is 43.2 Å². The lowest BCUT2D eigenvalue weighted by molar-refractivity contribution is 0.227. The summed E-state index contributed by atoms with van der Waals surface area (Å²) in [5, 5.41) is 0.643. The van der Waals surface area contributed by atoms with Crippen molar-refractivity contribution in [3.8, 4) is 0 Å². The van der Waals surface area contributed by atoms with Gasteiger partial charge in [0.25, 0.3) is 0 Å². The molecule has 2 heterocycles. The number of aromatic nitrogens is 1. The van der Waals surface area contributed by atoms with Gasteiger partial charge in [0.05, 0.1) is 21.7 Å². The van der Waals surface area contributed by atoms with Gasteiger partial charge >= 0.3 is 4.87 Å². The van der Waals surface area contributed by atoms with Crippen LogP contribution in [0.2, 0.25) is 5.02 Å². The first-order valence-corrected chi connectivity index (χ1v) is 13.2. The van der Waals surface area contributed by atoms with Crippen molar-refractivity contribution in [3.63, 3.8) is 0 Å². The molecule has 0 bridgehead atoms. The van der Waals surface area contributed by atoms with E-state index in [0.29, 0.717) is 22.8 Å². The van der Waals surface area contributed by atoms with Crippen molar-refractivity contribution in [2.24, 2.45) is 0 Å². The van der Waals surface area contributed by atoms with Crippen LogP contribution in [0, 0.1) is 0 Å². The Hall–Kier alpha value is -1.71. The SMILES string of the molecule is O=c1sc2cc(S(=O)(=O)NCCCN3CCCCC3)ccc2n1Cc1ccc(Cl)cc1. The molecule has 0 amide bonds. The number of piperidine rings is 1. The van der Waals surface area contributed by atoms with E-state index in [4.69, 9.17) is 11.6 Å². The zero-order chi connectivity index (χ0) is 21.8. The van der Waals surface area contributed by atoms with Gasteiger partial charge in [0.2, 0.25) is 10.0 Å². The lowest BCUT2D eigenvalue weighted by atomic mass is 10.1. The molecular weight excluding hydrogens is 454 g/mol. The first-order chi connectivity index (χ1) is 14.9. The van der Waals surface area contributed by atoms with Gasteiger partial charge in [-0.05, 0) is 74.8 Å². The van der Waals surface area contributed by atoms with Gasteiger partial charge in [-0.1, -0.05) is 41.5 Å². The van der Waals surface area contributed by atoms with Crippen LogP contribution in [0.25, 0.3) is 10.2 Å². The standard InChI is InChI=1S/C22H26ClN3O3S2/c23-18-7-5-17(6-8-18)16-26-20-10-9-19(15-21(20)30-22(26)27)31(28,29)24-11-4-14-25-12-2-1-3-13-25/h5-10,15,24H,1-4,11-14,16H2. The monoisotopic (exact) mass is 479 g/mol. The fourth-order valence-corrected chi connectivity index (χ4v) is 6.14. The molecule has 0 saturated carbocycles. The highest BCUT2D eigenvalue weighted by atomic mass is 35.5. The maximum Gasteiger partial charge on any atom is 0.308 e. The third-order valence-electron chi connectivity index (χ3n) is 5.60. The van der Waals surface area contributed by atoms with E-state index in [1.165, 1.54) is 19.3 Å². The molecule has 1 aromatic heterocycles. The van der Waals surface area contributed by atoms with Crippen LogP contribution in [0.5, 0.6) is 0 Å². The van der Waals surface area contributed by atoms with E-state index in [0.717, 1.165) is 48.5 Å². The van der Waals surface area contributed by atoms with Gasteiger partial charge in [-0.2, -0.15) is 0 Å². The summed E-state index contributed by atoms with van der Waals surface area (Å²) in [6.07, 6.45) is 4.53. The molecule has 1 aliphatic heterocycles. The second kappa shape index (κ2) is 9.83. The Labute approximate surface area is 191 Å². The Kier molecular flexibility index (Phi) is 7.13. The summed E-state index contributed by atoms with van der Waals surface area (Å²) in [5.74, 6) is 0. The number of rotatable bonds is 8. The minimum absolute atomic E-state index is 0.117. The molecule has 1 N–H and O–H groups in total. The number of thiazole rings is 1. The van der Waals surface area contributed by atoms with E-state index in [2.05, 4.69) is 9.62 Å². The van der Waals surface area contributed by atoms with Crippen molar-refractivity contribution in [1.29, 1.82) is 0 Å². The number of fused-ring (bicyclic) bond motifs is 1. The maximum absolute atomic E-state index is 12.7. The Morgan fingerprint density at radius 1 is 1.03 bits per heavy atom. The Bertz CT molecular complexity index is 1200. The lowest BCUT2D eigenvalue weighted by Crippen LogP contribution is -2.33. The van der Waals surface area contributed by atoms with E-state index in [9.17, 15) is 13.2 Å². The summed E-state index contributed by atoms with van der Waals surface area (Å²) in [6.45, 7) is 3.95. The average Bonchev–Trinajstić information content (AvgIpc) is 3.08. The number of halogens is 1. The van der Waals surface area contributed by atoms with Crippen LogP contribution in [-0.4, -0.2) is 44.1 Å².